The number of para-hydroxylation sites is 1. The van der Waals surface area contributed by atoms with Crippen molar-refractivity contribution in [3.05, 3.63) is 83.4 Å². The average molecular weight is 602 g/mol. The molecule has 1 saturated heterocycles. The molecule has 2 unspecified atom stereocenters. The number of aliphatic hydroxyl groups is 1. The second kappa shape index (κ2) is 14.8. The Morgan fingerprint density at radius 1 is 1.18 bits per heavy atom. The Hall–Kier alpha value is -3.79. The third-order valence-electron chi connectivity index (χ3n) is 8.63. The minimum Gasteiger partial charge on any atom is -0.395 e. The maximum atomic E-state index is 15.1. The fourth-order valence-electron chi connectivity index (χ4n) is 6.52. The van der Waals surface area contributed by atoms with E-state index in [1.54, 1.807) is 13.2 Å². The number of likely N-dealkylation sites (tertiary alicyclic amines) is 1. The monoisotopic (exact) mass is 601 g/mol. The Kier molecular flexibility index (Phi) is 10.6. The number of rotatable bonds is 13. The highest BCUT2D eigenvalue weighted by atomic mass is 19.1. The number of piperidine rings is 1. The molecule has 4 aromatic rings. The molecule has 2 aromatic heterocycles. The standard InChI is InChI=1S/C35H44FN5O3/c1-24-30-7-3-8-31(36)35(30)41(17-5-19-44-2)34(24)28-6-4-16-40(23-28)33(43)21-29(37)20-25-9-11-26(12-10-25)27-13-14-32(39-22-27)38-15-18-42/h3,7-14,22,28-29,42H,4-6,15-21,23,37H2,1-2H3,(H,38,39). The maximum absolute atomic E-state index is 15.1. The van der Waals surface area contributed by atoms with E-state index in [2.05, 4.69) is 33.9 Å². The fraction of sp³-hybridized carbons (Fsp3) is 0.429. The van der Waals surface area contributed by atoms with Crippen LogP contribution in [0, 0.1) is 12.7 Å². The number of halogens is 1. The average Bonchev–Trinajstić information content (AvgIpc) is 3.33. The molecule has 8 nitrogen and oxygen atoms in total. The van der Waals surface area contributed by atoms with E-state index in [0.717, 1.165) is 65.0 Å². The molecule has 0 saturated carbocycles. The number of carbonyl (C=O) groups is 1. The van der Waals surface area contributed by atoms with Crippen molar-refractivity contribution >= 4 is 22.6 Å². The lowest BCUT2D eigenvalue weighted by atomic mass is 9.91. The zero-order chi connectivity index (χ0) is 31.1. The first kappa shape index (κ1) is 31.6. The summed E-state index contributed by atoms with van der Waals surface area (Å²) in [4.78, 5) is 19.8. The number of anilines is 1. The molecule has 0 spiro atoms. The van der Waals surface area contributed by atoms with Crippen molar-refractivity contribution in [2.24, 2.45) is 5.73 Å². The molecule has 1 amide bonds. The third kappa shape index (κ3) is 7.29. The van der Waals surface area contributed by atoms with Gasteiger partial charge < -0.3 is 30.4 Å². The molecule has 1 aliphatic heterocycles. The summed E-state index contributed by atoms with van der Waals surface area (Å²) in [5.74, 6) is 0.729. The van der Waals surface area contributed by atoms with Gasteiger partial charge in [0.05, 0.1) is 12.1 Å². The molecule has 2 aromatic carbocycles. The number of fused-ring (bicyclic) bond motifs is 1. The lowest BCUT2D eigenvalue weighted by Crippen LogP contribution is -2.42. The SMILES string of the molecule is COCCCn1c(C2CCCN(C(=O)CC(N)Cc3ccc(-c4ccc(NCCO)nc4)cc3)C2)c(C)c2cccc(F)c21. The van der Waals surface area contributed by atoms with Crippen LogP contribution in [0.15, 0.2) is 60.8 Å². The molecule has 5 rings (SSSR count). The van der Waals surface area contributed by atoms with Gasteiger partial charge in [0.1, 0.15) is 11.6 Å². The van der Waals surface area contributed by atoms with E-state index in [-0.39, 0.29) is 36.7 Å². The normalized spacial score (nSPS) is 15.9. The second-order valence-corrected chi connectivity index (χ2v) is 11.8. The van der Waals surface area contributed by atoms with Crippen molar-refractivity contribution in [2.75, 3.05) is 45.3 Å². The van der Waals surface area contributed by atoms with E-state index in [0.29, 0.717) is 38.2 Å². The van der Waals surface area contributed by atoms with E-state index in [4.69, 9.17) is 15.6 Å². The van der Waals surface area contributed by atoms with Crippen LogP contribution in [0.2, 0.25) is 0 Å². The number of aromatic nitrogens is 2. The molecule has 0 aliphatic carbocycles. The number of hydrogen-bond donors (Lipinski definition) is 3. The highest BCUT2D eigenvalue weighted by molar-refractivity contribution is 5.86. The number of aryl methyl sites for hydroxylation is 2. The predicted molar refractivity (Wildman–Crippen MR) is 173 cm³/mol. The van der Waals surface area contributed by atoms with Gasteiger partial charge in [-0.25, -0.2) is 9.37 Å². The van der Waals surface area contributed by atoms with Gasteiger partial charge in [0.15, 0.2) is 0 Å². The van der Waals surface area contributed by atoms with Crippen LogP contribution in [-0.4, -0.2) is 71.5 Å². The van der Waals surface area contributed by atoms with E-state index in [1.807, 2.05) is 41.4 Å². The first-order valence-electron chi connectivity index (χ1n) is 15.6. The first-order valence-corrected chi connectivity index (χ1v) is 15.6. The Balaban J connectivity index is 1.22. The Morgan fingerprint density at radius 3 is 2.70 bits per heavy atom. The van der Waals surface area contributed by atoms with Gasteiger partial charge in [-0.1, -0.05) is 36.4 Å². The van der Waals surface area contributed by atoms with Crippen LogP contribution >= 0.6 is 0 Å². The van der Waals surface area contributed by atoms with Crippen molar-refractivity contribution in [1.82, 2.24) is 14.5 Å². The largest absolute Gasteiger partial charge is 0.395 e. The lowest BCUT2D eigenvalue weighted by Gasteiger charge is -2.34. The van der Waals surface area contributed by atoms with E-state index in [1.165, 1.54) is 6.07 Å². The number of amides is 1. The van der Waals surface area contributed by atoms with Crippen LogP contribution in [0.5, 0.6) is 0 Å². The van der Waals surface area contributed by atoms with E-state index in [9.17, 15) is 4.79 Å². The van der Waals surface area contributed by atoms with Crippen LogP contribution in [0.4, 0.5) is 10.2 Å². The highest BCUT2D eigenvalue weighted by Gasteiger charge is 2.30. The van der Waals surface area contributed by atoms with Crippen molar-refractivity contribution in [3.8, 4) is 11.1 Å². The number of benzene rings is 2. The number of pyridine rings is 1. The van der Waals surface area contributed by atoms with Crippen molar-refractivity contribution in [1.29, 1.82) is 0 Å². The number of nitrogens with zero attached hydrogens (tertiary/aromatic N) is 3. The number of nitrogens with one attached hydrogen (secondary N) is 1. The molecule has 1 fully saturated rings. The highest BCUT2D eigenvalue weighted by Crippen LogP contribution is 2.37. The number of carbonyl (C=O) groups excluding carboxylic acids is 1. The molecule has 1 aliphatic rings. The summed E-state index contributed by atoms with van der Waals surface area (Å²) in [6, 6.07) is 17.1. The number of methoxy groups -OCH3 is 1. The van der Waals surface area contributed by atoms with Crippen molar-refractivity contribution in [2.45, 2.75) is 57.5 Å². The third-order valence-corrected chi connectivity index (χ3v) is 8.63. The summed E-state index contributed by atoms with van der Waals surface area (Å²) in [6.45, 7) is 5.21. The summed E-state index contributed by atoms with van der Waals surface area (Å²) >= 11 is 0. The maximum Gasteiger partial charge on any atom is 0.224 e. The summed E-state index contributed by atoms with van der Waals surface area (Å²) in [7, 11) is 1.68. The van der Waals surface area contributed by atoms with Gasteiger partial charge in [-0.05, 0) is 67.5 Å². The molecule has 3 heterocycles. The van der Waals surface area contributed by atoms with Gasteiger partial charge in [0.25, 0.3) is 0 Å². The Morgan fingerprint density at radius 2 is 1.98 bits per heavy atom. The van der Waals surface area contributed by atoms with E-state index < -0.39 is 0 Å². The summed E-state index contributed by atoms with van der Waals surface area (Å²) < 4.78 is 22.5. The van der Waals surface area contributed by atoms with Gasteiger partial charge in [-0.15, -0.1) is 0 Å². The summed E-state index contributed by atoms with van der Waals surface area (Å²) in [6.07, 6.45) is 5.36. The minimum absolute atomic E-state index is 0.0567. The van der Waals surface area contributed by atoms with Crippen LogP contribution < -0.4 is 11.1 Å². The molecule has 44 heavy (non-hydrogen) atoms. The van der Waals surface area contributed by atoms with Crippen molar-refractivity contribution < 1.29 is 19.0 Å². The van der Waals surface area contributed by atoms with Crippen molar-refractivity contribution in [3.63, 3.8) is 0 Å². The van der Waals surface area contributed by atoms with Crippen LogP contribution in [0.25, 0.3) is 22.0 Å². The molecular weight excluding hydrogens is 557 g/mol. The van der Waals surface area contributed by atoms with Gasteiger partial charge >= 0.3 is 0 Å². The molecule has 0 radical (unpaired) electrons. The van der Waals surface area contributed by atoms with Crippen LogP contribution in [0.3, 0.4) is 0 Å². The molecular formula is C35H44FN5O3. The van der Waals surface area contributed by atoms with Gasteiger partial charge in [0, 0.05) is 81.1 Å². The topological polar surface area (TPSA) is 106 Å². The predicted octanol–water partition coefficient (Wildman–Crippen LogP) is 5.26. The smallest absolute Gasteiger partial charge is 0.224 e. The van der Waals surface area contributed by atoms with Crippen LogP contribution in [-0.2, 0) is 22.5 Å². The molecule has 2 atom stereocenters. The first-order chi connectivity index (χ1) is 21.4. The zero-order valence-corrected chi connectivity index (χ0v) is 25.8. The molecule has 0 bridgehead atoms. The number of ether oxygens (including phenoxy) is 1. The van der Waals surface area contributed by atoms with Gasteiger partial charge in [-0.3, -0.25) is 4.79 Å². The Labute approximate surface area is 259 Å². The number of nitrogens with two attached hydrogens (primary N) is 1. The van der Waals surface area contributed by atoms with Crippen LogP contribution in [0.1, 0.15) is 48.4 Å². The second-order valence-electron chi connectivity index (χ2n) is 11.8. The fourth-order valence-corrected chi connectivity index (χ4v) is 6.52. The minimum atomic E-state index is -0.288. The van der Waals surface area contributed by atoms with Gasteiger partial charge in [0.2, 0.25) is 5.91 Å². The lowest BCUT2D eigenvalue weighted by molar-refractivity contribution is -0.132. The molecule has 234 valence electrons. The summed E-state index contributed by atoms with van der Waals surface area (Å²) in [5, 5.41) is 13.0. The Bertz CT molecular complexity index is 1540. The van der Waals surface area contributed by atoms with Gasteiger partial charge in [-0.2, -0.15) is 0 Å². The summed E-state index contributed by atoms with van der Waals surface area (Å²) in [5.41, 5.74) is 12.5. The number of aliphatic hydroxyl groups excluding tert-OH is 1. The zero-order valence-electron chi connectivity index (χ0n) is 25.8. The molecule has 4 N–H and O–H groups in total. The van der Waals surface area contributed by atoms with E-state index >= 15 is 4.39 Å². The molecule has 9 heteroatoms. The quantitative estimate of drug-likeness (QED) is 0.181. The number of hydrogen-bond acceptors (Lipinski definition) is 6.